The van der Waals surface area contributed by atoms with Gasteiger partial charge in [-0.25, -0.2) is 4.39 Å². The summed E-state index contributed by atoms with van der Waals surface area (Å²) in [6.45, 7) is 3.88. The highest BCUT2D eigenvalue weighted by molar-refractivity contribution is 5.94. The molecule has 0 aliphatic carbocycles. The number of carbonyl (C=O) groups is 2. The number of carbonyl (C=O) groups excluding carboxylic acids is 1. The fourth-order valence-corrected chi connectivity index (χ4v) is 1.95. The topological polar surface area (TPSA) is 66.8 Å². The number of rotatable bonds is 7. The van der Waals surface area contributed by atoms with E-state index in [4.69, 9.17) is 9.84 Å². The van der Waals surface area contributed by atoms with Crippen molar-refractivity contribution in [3.8, 4) is 5.75 Å². The normalized spacial score (nSPS) is 10.5. The quantitative estimate of drug-likeness (QED) is 0.840. The van der Waals surface area contributed by atoms with Gasteiger partial charge in [-0.2, -0.15) is 0 Å². The average Bonchev–Trinajstić information content (AvgIpc) is 2.42. The first-order valence-electron chi connectivity index (χ1n) is 6.73. The number of halogens is 1. The SMILES string of the molecule is COc1ccc(C(=O)N(CCCC(=O)O)C(C)C)c(F)c1. The lowest BCUT2D eigenvalue weighted by Crippen LogP contribution is -2.38. The van der Waals surface area contributed by atoms with Crippen molar-refractivity contribution < 1.29 is 23.8 Å². The van der Waals surface area contributed by atoms with Crippen LogP contribution in [-0.4, -0.2) is 41.6 Å². The summed E-state index contributed by atoms with van der Waals surface area (Å²) in [5.41, 5.74) is -0.0418. The smallest absolute Gasteiger partial charge is 0.303 e. The molecule has 0 aliphatic heterocycles. The predicted molar refractivity (Wildman–Crippen MR) is 76.0 cm³/mol. The number of hydrogen-bond acceptors (Lipinski definition) is 3. The van der Waals surface area contributed by atoms with E-state index in [0.717, 1.165) is 6.07 Å². The summed E-state index contributed by atoms with van der Waals surface area (Å²) >= 11 is 0. The number of amides is 1. The zero-order valence-electron chi connectivity index (χ0n) is 12.4. The van der Waals surface area contributed by atoms with Gasteiger partial charge in [0.05, 0.1) is 12.7 Å². The molecule has 5 nitrogen and oxygen atoms in total. The number of ether oxygens (including phenoxy) is 1. The van der Waals surface area contributed by atoms with Gasteiger partial charge in [-0.05, 0) is 32.4 Å². The molecular weight excluding hydrogens is 277 g/mol. The van der Waals surface area contributed by atoms with E-state index in [0.29, 0.717) is 12.2 Å². The first-order chi connectivity index (χ1) is 9.86. The summed E-state index contributed by atoms with van der Waals surface area (Å²) < 4.78 is 18.8. The lowest BCUT2D eigenvalue weighted by Gasteiger charge is -2.27. The Labute approximate surface area is 123 Å². The van der Waals surface area contributed by atoms with Gasteiger partial charge >= 0.3 is 5.97 Å². The Hall–Kier alpha value is -2.11. The molecule has 0 spiro atoms. The van der Waals surface area contributed by atoms with Crippen LogP contribution in [0.15, 0.2) is 18.2 Å². The number of hydrogen-bond donors (Lipinski definition) is 1. The van der Waals surface area contributed by atoms with Gasteiger partial charge in [0.1, 0.15) is 11.6 Å². The molecule has 1 aromatic rings. The zero-order valence-corrected chi connectivity index (χ0v) is 12.4. The third kappa shape index (κ3) is 4.73. The first-order valence-corrected chi connectivity index (χ1v) is 6.73. The van der Waals surface area contributed by atoms with Crippen molar-refractivity contribution >= 4 is 11.9 Å². The van der Waals surface area contributed by atoms with E-state index in [1.54, 1.807) is 13.8 Å². The largest absolute Gasteiger partial charge is 0.497 e. The van der Waals surface area contributed by atoms with E-state index in [1.165, 1.54) is 24.1 Å². The maximum atomic E-state index is 13.9. The maximum Gasteiger partial charge on any atom is 0.303 e. The van der Waals surface area contributed by atoms with Crippen molar-refractivity contribution in [2.75, 3.05) is 13.7 Å². The molecule has 21 heavy (non-hydrogen) atoms. The predicted octanol–water partition coefficient (Wildman–Crippen LogP) is 2.55. The van der Waals surface area contributed by atoms with Gasteiger partial charge < -0.3 is 14.7 Å². The molecule has 0 heterocycles. The number of benzene rings is 1. The highest BCUT2D eigenvalue weighted by Crippen LogP contribution is 2.19. The van der Waals surface area contributed by atoms with Gasteiger partial charge in [0.25, 0.3) is 5.91 Å². The Kier molecular flexibility index (Phi) is 6.14. The summed E-state index contributed by atoms with van der Waals surface area (Å²) in [4.78, 5) is 24.4. The third-order valence-electron chi connectivity index (χ3n) is 3.08. The lowest BCUT2D eigenvalue weighted by molar-refractivity contribution is -0.137. The van der Waals surface area contributed by atoms with E-state index in [2.05, 4.69) is 0 Å². The number of carboxylic acid groups (broad SMARTS) is 1. The second-order valence-electron chi connectivity index (χ2n) is 4.94. The molecule has 0 bridgehead atoms. The second-order valence-corrected chi connectivity index (χ2v) is 4.94. The Morgan fingerprint density at radius 2 is 2.05 bits per heavy atom. The van der Waals surface area contributed by atoms with Gasteiger partial charge in [0, 0.05) is 25.1 Å². The molecule has 0 aromatic heterocycles. The van der Waals surface area contributed by atoms with E-state index < -0.39 is 17.7 Å². The minimum absolute atomic E-state index is 0.0262. The number of methoxy groups -OCH3 is 1. The monoisotopic (exact) mass is 297 g/mol. The van der Waals surface area contributed by atoms with Crippen molar-refractivity contribution in [1.82, 2.24) is 4.90 Å². The first kappa shape index (κ1) is 16.9. The molecule has 1 aromatic carbocycles. The van der Waals surface area contributed by atoms with Gasteiger partial charge in [0.2, 0.25) is 0 Å². The molecule has 0 aliphatic rings. The minimum atomic E-state index is -0.915. The highest BCUT2D eigenvalue weighted by atomic mass is 19.1. The minimum Gasteiger partial charge on any atom is -0.497 e. The summed E-state index contributed by atoms with van der Waals surface area (Å²) in [5.74, 6) is -1.67. The van der Waals surface area contributed by atoms with Crippen LogP contribution in [0.5, 0.6) is 5.75 Å². The summed E-state index contributed by atoms with van der Waals surface area (Å²) in [6, 6.07) is 3.91. The Balaban J connectivity index is 2.87. The molecule has 0 unspecified atom stereocenters. The van der Waals surface area contributed by atoms with Crippen LogP contribution in [0.1, 0.15) is 37.0 Å². The molecule has 0 atom stereocenters. The summed E-state index contributed by atoms with van der Waals surface area (Å²) in [7, 11) is 1.42. The molecule has 6 heteroatoms. The van der Waals surface area contributed by atoms with Crippen LogP contribution in [0.4, 0.5) is 4.39 Å². The van der Waals surface area contributed by atoms with Gasteiger partial charge in [-0.3, -0.25) is 9.59 Å². The third-order valence-corrected chi connectivity index (χ3v) is 3.08. The molecule has 1 N–H and O–H groups in total. The van der Waals surface area contributed by atoms with Crippen LogP contribution in [-0.2, 0) is 4.79 Å². The Morgan fingerprint density at radius 3 is 2.52 bits per heavy atom. The molecule has 0 saturated carbocycles. The standard InChI is InChI=1S/C15H20FNO4/c1-10(2)17(8-4-5-14(18)19)15(20)12-7-6-11(21-3)9-13(12)16/h6-7,9-10H,4-5,8H2,1-3H3,(H,18,19). The van der Waals surface area contributed by atoms with Gasteiger partial charge in [-0.15, -0.1) is 0 Å². The van der Waals surface area contributed by atoms with Crippen LogP contribution in [0, 0.1) is 5.82 Å². The molecule has 0 saturated heterocycles. The van der Waals surface area contributed by atoms with E-state index in [-0.39, 0.29) is 24.6 Å². The molecule has 0 radical (unpaired) electrons. The lowest BCUT2D eigenvalue weighted by atomic mass is 10.1. The molecule has 1 rings (SSSR count). The van der Waals surface area contributed by atoms with Crippen molar-refractivity contribution in [1.29, 1.82) is 0 Å². The highest BCUT2D eigenvalue weighted by Gasteiger charge is 2.22. The van der Waals surface area contributed by atoms with Crippen LogP contribution in [0.2, 0.25) is 0 Å². The Bertz CT molecular complexity index is 516. The van der Waals surface area contributed by atoms with Gasteiger partial charge in [-0.1, -0.05) is 0 Å². The van der Waals surface area contributed by atoms with Crippen LogP contribution >= 0.6 is 0 Å². The van der Waals surface area contributed by atoms with E-state index in [1.807, 2.05) is 0 Å². The van der Waals surface area contributed by atoms with Crippen molar-refractivity contribution in [3.63, 3.8) is 0 Å². The number of carboxylic acids is 1. The second kappa shape index (κ2) is 7.61. The summed E-state index contributed by atoms with van der Waals surface area (Å²) in [5, 5.41) is 8.65. The Morgan fingerprint density at radius 1 is 1.38 bits per heavy atom. The van der Waals surface area contributed by atoms with Crippen LogP contribution in [0.25, 0.3) is 0 Å². The number of aliphatic carboxylic acids is 1. The summed E-state index contributed by atoms with van der Waals surface area (Å²) in [6.07, 6.45) is 0.304. The molecular formula is C15H20FNO4. The zero-order chi connectivity index (χ0) is 16.0. The maximum absolute atomic E-state index is 13.9. The molecule has 116 valence electrons. The number of nitrogens with zero attached hydrogens (tertiary/aromatic N) is 1. The molecule has 1 amide bonds. The average molecular weight is 297 g/mol. The van der Waals surface area contributed by atoms with Crippen molar-refractivity contribution in [3.05, 3.63) is 29.6 Å². The fraction of sp³-hybridized carbons (Fsp3) is 0.467. The molecule has 0 fully saturated rings. The van der Waals surface area contributed by atoms with E-state index in [9.17, 15) is 14.0 Å². The van der Waals surface area contributed by atoms with Crippen LogP contribution < -0.4 is 4.74 Å². The van der Waals surface area contributed by atoms with Gasteiger partial charge in [0.15, 0.2) is 0 Å². The van der Waals surface area contributed by atoms with Crippen LogP contribution in [0.3, 0.4) is 0 Å². The van der Waals surface area contributed by atoms with Crippen molar-refractivity contribution in [2.45, 2.75) is 32.7 Å². The van der Waals surface area contributed by atoms with Crippen molar-refractivity contribution in [2.24, 2.45) is 0 Å². The fourth-order valence-electron chi connectivity index (χ4n) is 1.95. The van der Waals surface area contributed by atoms with E-state index >= 15 is 0 Å².